The van der Waals surface area contributed by atoms with Gasteiger partial charge in [0.05, 0.1) is 9.99 Å². The fraction of sp³-hybridized carbons (Fsp3) is 0.308. The number of pyridine rings is 1. The minimum atomic E-state index is -0.277. The molecule has 0 aliphatic rings. The van der Waals surface area contributed by atoms with Crippen molar-refractivity contribution in [2.24, 2.45) is 0 Å². The molecule has 0 aliphatic heterocycles. The van der Waals surface area contributed by atoms with E-state index in [0.717, 1.165) is 29.7 Å². The van der Waals surface area contributed by atoms with Gasteiger partial charge in [-0.25, -0.2) is 4.39 Å². The van der Waals surface area contributed by atoms with Crippen molar-refractivity contribution in [3.05, 3.63) is 34.2 Å². The quantitative estimate of drug-likeness (QED) is 0.921. The molecule has 0 saturated heterocycles. The predicted octanol–water partition coefficient (Wildman–Crippen LogP) is 4.13. The van der Waals surface area contributed by atoms with Gasteiger partial charge < -0.3 is 5.32 Å². The van der Waals surface area contributed by atoms with Crippen LogP contribution in [-0.2, 0) is 6.42 Å². The molecule has 0 amide bonds. The Kier molecular flexibility index (Phi) is 3.62. The van der Waals surface area contributed by atoms with Crippen molar-refractivity contribution in [3.8, 4) is 0 Å². The molecular weight excluding hydrogens is 283 g/mol. The third kappa shape index (κ3) is 2.41. The van der Waals surface area contributed by atoms with Crippen LogP contribution in [0.25, 0.3) is 10.9 Å². The summed E-state index contributed by atoms with van der Waals surface area (Å²) < 4.78 is 14.0. The number of nitrogens with one attached hydrogen (secondary N) is 1. The summed E-state index contributed by atoms with van der Waals surface area (Å²) in [6.45, 7) is 4.91. The van der Waals surface area contributed by atoms with Crippen LogP contribution in [0.15, 0.2) is 22.7 Å². The molecule has 0 aliphatic carbocycles. The van der Waals surface area contributed by atoms with Gasteiger partial charge in [0.15, 0.2) is 0 Å². The lowest BCUT2D eigenvalue weighted by Gasteiger charge is -2.10. The third-order valence-corrected chi connectivity index (χ3v) is 3.24. The number of nitrogens with zero attached hydrogens (tertiary/aromatic N) is 1. The molecule has 0 unspecified atom stereocenters. The van der Waals surface area contributed by atoms with E-state index >= 15 is 0 Å². The largest absolute Gasteiger partial charge is 0.385 e. The molecule has 17 heavy (non-hydrogen) atoms. The van der Waals surface area contributed by atoms with Crippen molar-refractivity contribution in [2.45, 2.75) is 20.3 Å². The Morgan fingerprint density at radius 1 is 1.29 bits per heavy atom. The van der Waals surface area contributed by atoms with E-state index in [9.17, 15) is 4.39 Å². The van der Waals surface area contributed by atoms with Crippen molar-refractivity contribution in [3.63, 3.8) is 0 Å². The SMILES string of the molecule is CCNc1cc(CC)nc2cc(F)c(Br)cc12. The molecule has 0 radical (unpaired) electrons. The van der Waals surface area contributed by atoms with Crippen molar-refractivity contribution in [1.82, 2.24) is 4.98 Å². The van der Waals surface area contributed by atoms with E-state index < -0.39 is 0 Å². The average Bonchev–Trinajstić information content (AvgIpc) is 2.31. The molecule has 2 rings (SSSR count). The number of halogens is 2. The topological polar surface area (TPSA) is 24.9 Å². The maximum atomic E-state index is 13.5. The number of aromatic nitrogens is 1. The molecule has 1 aromatic heterocycles. The summed E-state index contributed by atoms with van der Waals surface area (Å²) in [7, 11) is 0. The summed E-state index contributed by atoms with van der Waals surface area (Å²) in [5.74, 6) is -0.277. The molecule has 2 nitrogen and oxygen atoms in total. The monoisotopic (exact) mass is 296 g/mol. The molecule has 1 N–H and O–H groups in total. The van der Waals surface area contributed by atoms with Crippen LogP contribution < -0.4 is 5.32 Å². The van der Waals surface area contributed by atoms with E-state index in [1.165, 1.54) is 6.07 Å². The van der Waals surface area contributed by atoms with Gasteiger partial charge in [0.2, 0.25) is 0 Å². The van der Waals surface area contributed by atoms with E-state index in [-0.39, 0.29) is 5.82 Å². The van der Waals surface area contributed by atoms with Crippen molar-refractivity contribution < 1.29 is 4.39 Å². The second-order valence-electron chi connectivity index (χ2n) is 3.83. The Hall–Kier alpha value is -1.16. The third-order valence-electron chi connectivity index (χ3n) is 2.63. The van der Waals surface area contributed by atoms with Gasteiger partial charge in [-0.05, 0) is 41.4 Å². The molecule has 0 spiro atoms. The maximum Gasteiger partial charge on any atom is 0.139 e. The van der Waals surface area contributed by atoms with Crippen LogP contribution in [0.4, 0.5) is 10.1 Å². The highest BCUT2D eigenvalue weighted by atomic mass is 79.9. The van der Waals surface area contributed by atoms with E-state index in [0.29, 0.717) is 9.99 Å². The van der Waals surface area contributed by atoms with Crippen LogP contribution in [0, 0.1) is 5.82 Å². The molecule has 2 aromatic rings. The first-order chi connectivity index (χ1) is 8.15. The lowest BCUT2D eigenvalue weighted by molar-refractivity contribution is 0.622. The zero-order valence-corrected chi connectivity index (χ0v) is 11.4. The zero-order valence-electron chi connectivity index (χ0n) is 9.85. The molecule has 90 valence electrons. The molecule has 1 aromatic carbocycles. The number of aryl methyl sites for hydroxylation is 1. The van der Waals surface area contributed by atoms with Crippen molar-refractivity contribution >= 4 is 32.5 Å². The molecule has 4 heteroatoms. The summed E-state index contributed by atoms with van der Waals surface area (Å²) >= 11 is 3.21. The minimum absolute atomic E-state index is 0.277. The van der Waals surface area contributed by atoms with Gasteiger partial charge in [0, 0.05) is 29.4 Å². The second-order valence-corrected chi connectivity index (χ2v) is 4.68. The Bertz CT molecular complexity index is 555. The number of rotatable bonds is 3. The van der Waals surface area contributed by atoms with Gasteiger partial charge in [0.1, 0.15) is 5.82 Å². The number of hydrogen-bond acceptors (Lipinski definition) is 2. The summed E-state index contributed by atoms with van der Waals surface area (Å²) in [4.78, 5) is 4.44. The van der Waals surface area contributed by atoms with Gasteiger partial charge in [0.25, 0.3) is 0 Å². The smallest absolute Gasteiger partial charge is 0.139 e. The van der Waals surface area contributed by atoms with Crippen LogP contribution in [0.3, 0.4) is 0 Å². The number of anilines is 1. The predicted molar refractivity (Wildman–Crippen MR) is 72.9 cm³/mol. The number of fused-ring (bicyclic) bond motifs is 1. The second kappa shape index (κ2) is 5.00. The first-order valence-corrected chi connectivity index (χ1v) is 6.47. The standard InChI is InChI=1S/C13H14BrFN2/c1-3-8-5-12(16-4-2)9-6-10(14)11(15)7-13(9)17-8/h5-7H,3-4H2,1-2H3,(H,16,17). The molecule has 0 fully saturated rings. The van der Waals surface area contributed by atoms with Crippen LogP contribution in [0.1, 0.15) is 19.5 Å². The van der Waals surface area contributed by atoms with E-state index in [4.69, 9.17) is 0 Å². The maximum absolute atomic E-state index is 13.5. The normalized spacial score (nSPS) is 10.8. The Morgan fingerprint density at radius 3 is 2.71 bits per heavy atom. The average molecular weight is 297 g/mol. The van der Waals surface area contributed by atoms with Gasteiger partial charge in [-0.2, -0.15) is 0 Å². The summed E-state index contributed by atoms with van der Waals surface area (Å²) in [6, 6.07) is 5.27. The number of hydrogen-bond donors (Lipinski definition) is 1. The fourth-order valence-electron chi connectivity index (χ4n) is 1.79. The number of benzene rings is 1. The lowest BCUT2D eigenvalue weighted by atomic mass is 10.1. The first kappa shape index (κ1) is 12.3. The highest BCUT2D eigenvalue weighted by Crippen LogP contribution is 2.28. The summed E-state index contributed by atoms with van der Waals surface area (Å²) in [5, 5.41) is 4.23. The van der Waals surface area contributed by atoms with Crippen LogP contribution >= 0.6 is 15.9 Å². The molecular formula is C13H14BrFN2. The molecule has 0 atom stereocenters. The molecule has 0 saturated carbocycles. The van der Waals surface area contributed by atoms with Gasteiger partial charge in [-0.1, -0.05) is 6.92 Å². The first-order valence-electron chi connectivity index (χ1n) is 5.68. The molecule has 1 heterocycles. The Balaban J connectivity index is 2.71. The fourth-order valence-corrected chi connectivity index (χ4v) is 2.14. The van der Waals surface area contributed by atoms with Crippen LogP contribution in [0.5, 0.6) is 0 Å². The minimum Gasteiger partial charge on any atom is -0.385 e. The highest BCUT2D eigenvalue weighted by molar-refractivity contribution is 9.10. The van der Waals surface area contributed by atoms with Gasteiger partial charge in [-0.3, -0.25) is 4.98 Å². The summed E-state index contributed by atoms with van der Waals surface area (Å²) in [5.41, 5.74) is 2.67. The highest BCUT2D eigenvalue weighted by Gasteiger charge is 2.08. The summed E-state index contributed by atoms with van der Waals surface area (Å²) in [6.07, 6.45) is 0.839. The van der Waals surface area contributed by atoms with Crippen molar-refractivity contribution in [2.75, 3.05) is 11.9 Å². The van der Waals surface area contributed by atoms with E-state index in [1.807, 2.05) is 19.9 Å². The Labute approximate surface area is 108 Å². The van der Waals surface area contributed by atoms with Crippen LogP contribution in [0.2, 0.25) is 0 Å². The molecule has 0 bridgehead atoms. The lowest BCUT2D eigenvalue weighted by Crippen LogP contribution is -2.00. The van der Waals surface area contributed by atoms with E-state index in [2.05, 4.69) is 26.2 Å². The van der Waals surface area contributed by atoms with E-state index in [1.54, 1.807) is 6.07 Å². The Morgan fingerprint density at radius 2 is 2.06 bits per heavy atom. The van der Waals surface area contributed by atoms with Gasteiger partial charge >= 0.3 is 0 Å². The van der Waals surface area contributed by atoms with Crippen LogP contribution in [-0.4, -0.2) is 11.5 Å². The van der Waals surface area contributed by atoms with Gasteiger partial charge in [-0.15, -0.1) is 0 Å². The zero-order chi connectivity index (χ0) is 12.4. The van der Waals surface area contributed by atoms with Crippen molar-refractivity contribution in [1.29, 1.82) is 0 Å².